The Bertz CT molecular complexity index is 1710. The van der Waals surface area contributed by atoms with Gasteiger partial charge in [-0.2, -0.15) is 0 Å². The van der Waals surface area contributed by atoms with Crippen LogP contribution in [0.3, 0.4) is 0 Å². The van der Waals surface area contributed by atoms with Crippen LogP contribution in [-0.2, 0) is 27.4 Å². The van der Waals surface area contributed by atoms with Gasteiger partial charge in [-0.3, -0.25) is 9.20 Å². The van der Waals surface area contributed by atoms with Crippen molar-refractivity contribution in [3.05, 3.63) is 88.1 Å². The van der Waals surface area contributed by atoms with Gasteiger partial charge in [-0.1, -0.05) is 18.2 Å². The minimum atomic E-state index is -2.82. The molecule has 0 saturated carbocycles. The summed E-state index contributed by atoms with van der Waals surface area (Å²) in [5.41, 5.74) is 3.14. The molecule has 1 saturated heterocycles. The van der Waals surface area contributed by atoms with E-state index in [0.29, 0.717) is 55.0 Å². The van der Waals surface area contributed by atoms with Crippen LogP contribution < -0.4 is 4.74 Å². The molecule has 1 fully saturated rings. The van der Waals surface area contributed by atoms with Crippen LogP contribution in [0.25, 0.3) is 5.65 Å². The molecule has 2 aromatic heterocycles. The number of aliphatic carboxylic acids is 1. The molecule has 2 aliphatic heterocycles. The average molecular weight is 629 g/mol. The second-order valence-electron chi connectivity index (χ2n) is 11.3. The highest BCUT2D eigenvalue weighted by Crippen LogP contribution is 2.40. The van der Waals surface area contributed by atoms with E-state index < -0.39 is 46.9 Å². The maximum absolute atomic E-state index is 14.3. The zero-order valence-corrected chi connectivity index (χ0v) is 25.0. The number of aryl methyl sites for hydroxylation is 2. The lowest BCUT2D eigenvalue weighted by molar-refractivity contribution is -0.137. The molecule has 4 heterocycles. The standard InChI is InChI=1S/C31H31F3N4O5S/c1-18-3-4-20(24(15-27(39)40)23-7-10-38-29(19(23)2)35-36-30(38)28(33)34)13-21(18)16-37-17-31(8-11-42-12-9-31)43-25-6-5-22(32)14-26(25)44(37)41/h3-7,10,13-14,24,28H,8-9,11-12,15-17H2,1-2H3,(H,39,40)/t24-,44?/m0/s1. The third-order valence-electron chi connectivity index (χ3n) is 8.49. The number of nitrogens with zero attached hydrogens (tertiary/aromatic N) is 4. The Balaban J connectivity index is 1.38. The lowest BCUT2D eigenvalue weighted by Gasteiger charge is -2.37. The number of benzene rings is 2. The van der Waals surface area contributed by atoms with Crippen LogP contribution in [0.15, 0.2) is 53.6 Å². The van der Waals surface area contributed by atoms with Crippen molar-refractivity contribution in [2.45, 2.75) is 62.5 Å². The van der Waals surface area contributed by atoms with Crippen LogP contribution in [0.1, 0.15) is 65.2 Å². The van der Waals surface area contributed by atoms with Gasteiger partial charge in [-0.15, -0.1) is 14.5 Å². The zero-order valence-electron chi connectivity index (χ0n) is 24.1. The van der Waals surface area contributed by atoms with Crippen molar-refractivity contribution in [3.63, 3.8) is 0 Å². The number of carbonyl (C=O) groups is 1. The normalized spacial score (nSPS) is 19.1. The molecule has 0 amide bonds. The molecular formula is C31H31F3N4O5S. The first kappa shape index (κ1) is 30.4. The van der Waals surface area contributed by atoms with E-state index in [1.807, 2.05) is 25.1 Å². The molecule has 44 heavy (non-hydrogen) atoms. The Hall–Kier alpha value is -3.65. The predicted molar refractivity (Wildman–Crippen MR) is 155 cm³/mol. The van der Waals surface area contributed by atoms with Gasteiger partial charge in [0.25, 0.3) is 6.43 Å². The van der Waals surface area contributed by atoms with Crippen LogP contribution in [-0.4, -0.2) is 59.9 Å². The number of pyridine rings is 1. The number of rotatable bonds is 7. The summed E-state index contributed by atoms with van der Waals surface area (Å²) in [6.45, 7) is 5.14. The van der Waals surface area contributed by atoms with E-state index >= 15 is 0 Å². The van der Waals surface area contributed by atoms with Crippen molar-refractivity contribution < 1.29 is 37.1 Å². The minimum absolute atomic E-state index is 0.230. The fourth-order valence-corrected chi connectivity index (χ4v) is 7.48. The molecule has 1 spiro atoms. The van der Waals surface area contributed by atoms with Gasteiger partial charge in [0, 0.05) is 31.0 Å². The maximum atomic E-state index is 14.3. The molecule has 9 nitrogen and oxygen atoms in total. The first-order valence-corrected chi connectivity index (χ1v) is 15.3. The second kappa shape index (κ2) is 12.0. The Kier molecular flexibility index (Phi) is 8.31. The molecule has 2 aliphatic rings. The highest BCUT2D eigenvalue weighted by Gasteiger charge is 2.45. The summed E-state index contributed by atoms with van der Waals surface area (Å²) in [7, 11) is 0. The summed E-state index contributed by atoms with van der Waals surface area (Å²) in [6.07, 6.45) is -0.477. The van der Waals surface area contributed by atoms with Gasteiger partial charge in [0.1, 0.15) is 11.4 Å². The van der Waals surface area contributed by atoms with Crippen molar-refractivity contribution in [2.75, 3.05) is 19.8 Å². The summed E-state index contributed by atoms with van der Waals surface area (Å²) in [5.74, 6) is -2.27. The second-order valence-corrected chi connectivity index (χ2v) is 12.8. The maximum Gasteiger partial charge on any atom is 0.304 e. The number of carboxylic acids is 1. The number of ether oxygens (including phenoxy) is 2. The summed E-state index contributed by atoms with van der Waals surface area (Å²) in [6, 6.07) is 11.3. The van der Waals surface area contributed by atoms with Gasteiger partial charge in [0.15, 0.2) is 11.4 Å². The number of fused-ring (bicyclic) bond motifs is 2. The summed E-state index contributed by atoms with van der Waals surface area (Å²) >= 11 is -1.75. The molecule has 1 unspecified atom stereocenters. The third kappa shape index (κ3) is 5.76. The molecule has 2 atom stereocenters. The predicted octanol–water partition coefficient (Wildman–Crippen LogP) is 5.50. The minimum Gasteiger partial charge on any atom is -0.593 e. The SMILES string of the molecule is Cc1ccc([C@H](CC(=O)O)c2ccn3c(C(F)F)nnc3c2C)cc1CN1CC2(CCOCC2)Oc2ccc(F)cc2[S+]1[O-]. The van der Waals surface area contributed by atoms with Gasteiger partial charge in [-0.25, -0.2) is 13.2 Å². The van der Waals surface area contributed by atoms with Crippen LogP contribution in [0.2, 0.25) is 0 Å². The van der Waals surface area contributed by atoms with Crippen LogP contribution in [0.5, 0.6) is 5.75 Å². The van der Waals surface area contributed by atoms with E-state index in [1.54, 1.807) is 17.3 Å². The van der Waals surface area contributed by atoms with Gasteiger partial charge < -0.3 is 19.1 Å². The van der Waals surface area contributed by atoms with Crippen molar-refractivity contribution in [1.82, 2.24) is 18.9 Å². The quantitative estimate of drug-likeness (QED) is 0.267. The molecule has 6 rings (SSSR count). The fourth-order valence-electron chi connectivity index (χ4n) is 6.10. The number of hydrogen-bond donors (Lipinski definition) is 1. The van der Waals surface area contributed by atoms with Gasteiger partial charge in [-0.05, 0) is 59.9 Å². The summed E-state index contributed by atoms with van der Waals surface area (Å²) in [4.78, 5) is 12.3. The monoisotopic (exact) mass is 628 g/mol. The molecule has 0 bridgehead atoms. The fraction of sp³-hybridized carbons (Fsp3) is 0.387. The van der Waals surface area contributed by atoms with Crippen molar-refractivity contribution >= 4 is 23.0 Å². The van der Waals surface area contributed by atoms with Gasteiger partial charge in [0.2, 0.25) is 10.7 Å². The molecule has 1 N–H and O–H groups in total. The van der Waals surface area contributed by atoms with E-state index in [-0.39, 0.29) is 23.5 Å². The van der Waals surface area contributed by atoms with E-state index in [4.69, 9.17) is 9.47 Å². The van der Waals surface area contributed by atoms with E-state index in [1.165, 1.54) is 28.8 Å². The first-order valence-electron chi connectivity index (χ1n) is 14.2. The van der Waals surface area contributed by atoms with E-state index in [2.05, 4.69) is 10.2 Å². The van der Waals surface area contributed by atoms with Crippen LogP contribution >= 0.6 is 0 Å². The number of carboxylic acid groups (broad SMARTS) is 1. The third-order valence-corrected chi connectivity index (χ3v) is 9.91. The van der Waals surface area contributed by atoms with Gasteiger partial charge >= 0.3 is 5.97 Å². The van der Waals surface area contributed by atoms with Crippen LogP contribution in [0, 0.1) is 19.7 Å². The molecule has 13 heteroatoms. The Morgan fingerprint density at radius 3 is 2.64 bits per heavy atom. The van der Waals surface area contributed by atoms with Gasteiger partial charge in [0.05, 0.1) is 44.1 Å². The van der Waals surface area contributed by atoms with Crippen molar-refractivity contribution in [2.24, 2.45) is 0 Å². The summed E-state index contributed by atoms with van der Waals surface area (Å²) in [5, 5.41) is 17.4. The molecule has 2 aromatic carbocycles. The number of aromatic nitrogens is 3. The lowest BCUT2D eigenvalue weighted by Crippen LogP contribution is -2.50. The van der Waals surface area contributed by atoms with Crippen LogP contribution in [0.4, 0.5) is 13.2 Å². The smallest absolute Gasteiger partial charge is 0.304 e. The zero-order chi connectivity index (χ0) is 31.2. The molecule has 4 aromatic rings. The molecule has 232 valence electrons. The Morgan fingerprint density at radius 2 is 1.91 bits per heavy atom. The summed E-state index contributed by atoms with van der Waals surface area (Å²) < 4.78 is 70.1. The number of hydrogen-bond acceptors (Lipinski definition) is 7. The average Bonchev–Trinajstić information content (AvgIpc) is 3.40. The topological polar surface area (TPSA) is 112 Å². The largest absolute Gasteiger partial charge is 0.593 e. The van der Waals surface area contributed by atoms with Crippen molar-refractivity contribution in [1.29, 1.82) is 0 Å². The Labute approximate surface area is 254 Å². The highest BCUT2D eigenvalue weighted by molar-refractivity contribution is 7.89. The van der Waals surface area contributed by atoms with E-state index in [9.17, 15) is 27.6 Å². The number of halogens is 3. The van der Waals surface area contributed by atoms with E-state index in [0.717, 1.165) is 11.1 Å². The Morgan fingerprint density at radius 1 is 1.14 bits per heavy atom. The first-order chi connectivity index (χ1) is 21.0. The molecule has 0 radical (unpaired) electrons. The number of alkyl halides is 2. The highest BCUT2D eigenvalue weighted by atomic mass is 32.2. The lowest BCUT2D eigenvalue weighted by atomic mass is 9.85. The molecular weight excluding hydrogens is 597 g/mol. The molecule has 0 aliphatic carbocycles. The van der Waals surface area contributed by atoms with Crippen molar-refractivity contribution in [3.8, 4) is 5.75 Å².